The van der Waals surface area contributed by atoms with Gasteiger partial charge in [0.25, 0.3) is 5.23 Å². The fourth-order valence-electron chi connectivity index (χ4n) is 1.96. The predicted octanol–water partition coefficient (Wildman–Crippen LogP) is 3.18. The molecule has 0 bridgehead atoms. The quantitative estimate of drug-likeness (QED) is 0.242. The summed E-state index contributed by atoms with van der Waals surface area (Å²) >= 11 is 0.838. The van der Waals surface area contributed by atoms with Crippen molar-refractivity contribution in [2.24, 2.45) is 10.9 Å². The van der Waals surface area contributed by atoms with Gasteiger partial charge in [-0.1, -0.05) is 44.9 Å². The van der Waals surface area contributed by atoms with E-state index in [1.807, 2.05) is 0 Å². The number of methoxy groups -OCH3 is 3. The number of nitrogens with zero attached hydrogens (tertiary/aromatic N) is 1. The Labute approximate surface area is 159 Å². The molecule has 1 amide bonds. The zero-order valence-electron chi connectivity index (χ0n) is 16.1. The highest BCUT2D eigenvalue weighted by molar-refractivity contribution is 8.14. The SMILES string of the molecule is CCCCC(CC)COC(=NC(=O)OC)SC(CC(=O)OC)C(=O)OC. The number of hydrogen-bond donors (Lipinski definition) is 0. The van der Waals surface area contributed by atoms with Gasteiger partial charge in [-0.25, -0.2) is 4.79 Å². The van der Waals surface area contributed by atoms with Gasteiger partial charge in [0.2, 0.25) is 0 Å². The lowest BCUT2D eigenvalue weighted by Gasteiger charge is -2.18. The van der Waals surface area contributed by atoms with E-state index in [0.717, 1.165) is 37.4 Å². The molecule has 0 saturated heterocycles. The summed E-state index contributed by atoms with van der Waals surface area (Å²) in [6.45, 7) is 4.52. The molecule has 2 unspecified atom stereocenters. The standard InChI is InChI=1S/C17H29NO7S/c1-6-8-9-12(7-2)11-25-17(18-16(21)24-5)26-13(15(20)23-4)10-14(19)22-3/h12-13H,6-11H2,1-5H3. The van der Waals surface area contributed by atoms with Gasteiger partial charge in [-0.2, -0.15) is 0 Å². The van der Waals surface area contributed by atoms with Gasteiger partial charge in [0, 0.05) is 0 Å². The molecule has 150 valence electrons. The van der Waals surface area contributed by atoms with Crippen LogP contribution in [0.3, 0.4) is 0 Å². The maximum Gasteiger partial charge on any atom is 0.437 e. The number of hydrogen-bond acceptors (Lipinski definition) is 8. The number of amides is 1. The third-order valence-corrected chi connectivity index (χ3v) is 4.68. The van der Waals surface area contributed by atoms with Gasteiger partial charge in [-0.05, 0) is 12.3 Å². The van der Waals surface area contributed by atoms with Crippen molar-refractivity contribution in [2.45, 2.75) is 51.2 Å². The Morgan fingerprint density at radius 1 is 1.04 bits per heavy atom. The highest BCUT2D eigenvalue weighted by atomic mass is 32.2. The molecule has 0 N–H and O–H groups in total. The van der Waals surface area contributed by atoms with Crippen LogP contribution in [0.15, 0.2) is 4.99 Å². The molecule has 0 radical (unpaired) electrons. The Balaban J connectivity index is 5.14. The summed E-state index contributed by atoms with van der Waals surface area (Å²) in [6, 6.07) is 0. The summed E-state index contributed by atoms with van der Waals surface area (Å²) in [5.74, 6) is -0.921. The number of unbranched alkanes of at least 4 members (excludes halogenated alkanes) is 1. The first-order valence-electron chi connectivity index (χ1n) is 8.52. The van der Waals surface area contributed by atoms with E-state index in [4.69, 9.17) is 9.47 Å². The van der Waals surface area contributed by atoms with Crippen molar-refractivity contribution in [3.8, 4) is 0 Å². The molecular formula is C17H29NO7S. The molecule has 0 aliphatic heterocycles. The van der Waals surface area contributed by atoms with Crippen LogP contribution in [0, 0.1) is 5.92 Å². The molecule has 0 rings (SSSR count). The highest BCUT2D eigenvalue weighted by Gasteiger charge is 2.28. The first kappa shape index (κ1) is 24.2. The number of thioether (sulfide) groups is 1. The minimum absolute atomic E-state index is 0.0360. The number of carbonyl (C=O) groups excluding carboxylic acids is 3. The van der Waals surface area contributed by atoms with Crippen LogP contribution in [-0.2, 0) is 28.5 Å². The van der Waals surface area contributed by atoms with Crippen LogP contribution in [0.1, 0.15) is 46.0 Å². The van der Waals surface area contributed by atoms with E-state index in [0.29, 0.717) is 12.5 Å². The average Bonchev–Trinajstić information content (AvgIpc) is 2.66. The lowest BCUT2D eigenvalue weighted by molar-refractivity contribution is -0.146. The second-order valence-corrected chi connectivity index (χ2v) is 6.64. The van der Waals surface area contributed by atoms with E-state index < -0.39 is 23.3 Å². The van der Waals surface area contributed by atoms with Crippen molar-refractivity contribution >= 4 is 35.0 Å². The van der Waals surface area contributed by atoms with Crippen LogP contribution in [0.5, 0.6) is 0 Å². The normalized spacial score (nSPS) is 13.5. The van der Waals surface area contributed by atoms with Crippen molar-refractivity contribution in [3.63, 3.8) is 0 Å². The third kappa shape index (κ3) is 10.3. The highest BCUT2D eigenvalue weighted by Crippen LogP contribution is 2.22. The van der Waals surface area contributed by atoms with E-state index in [1.165, 1.54) is 21.3 Å². The topological polar surface area (TPSA) is 100 Å². The van der Waals surface area contributed by atoms with Gasteiger partial charge >= 0.3 is 18.0 Å². The molecule has 0 aromatic rings. The van der Waals surface area contributed by atoms with Gasteiger partial charge < -0.3 is 18.9 Å². The van der Waals surface area contributed by atoms with Crippen LogP contribution in [0.2, 0.25) is 0 Å². The van der Waals surface area contributed by atoms with Crippen LogP contribution in [0.4, 0.5) is 4.79 Å². The number of aliphatic imine (C=N–C) groups is 1. The zero-order chi connectivity index (χ0) is 19.9. The van der Waals surface area contributed by atoms with Crippen molar-refractivity contribution in [2.75, 3.05) is 27.9 Å². The van der Waals surface area contributed by atoms with Crippen LogP contribution in [0.25, 0.3) is 0 Å². The molecule has 0 fully saturated rings. The minimum atomic E-state index is -0.938. The van der Waals surface area contributed by atoms with E-state index in [1.54, 1.807) is 0 Å². The third-order valence-electron chi connectivity index (χ3n) is 3.63. The van der Waals surface area contributed by atoms with Gasteiger partial charge in [0.15, 0.2) is 0 Å². The second kappa shape index (κ2) is 14.4. The molecule has 8 nitrogen and oxygen atoms in total. The molecule has 0 aliphatic rings. The second-order valence-electron chi connectivity index (χ2n) is 5.49. The molecule has 2 atom stereocenters. The Kier molecular flexibility index (Phi) is 13.4. The van der Waals surface area contributed by atoms with E-state index in [-0.39, 0.29) is 11.7 Å². The summed E-state index contributed by atoms with van der Waals surface area (Å²) < 4.78 is 19.5. The molecule has 26 heavy (non-hydrogen) atoms. The molecule has 0 aromatic carbocycles. The number of rotatable bonds is 10. The Morgan fingerprint density at radius 3 is 2.23 bits per heavy atom. The van der Waals surface area contributed by atoms with Crippen LogP contribution in [-0.4, -0.2) is 56.4 Å². The van der Waals surface area contributed by atoms with Gasteiger partial charge in [0.1, 0.15) is 5.25 Å². The average molecular weight is 391 g/mol. The minimum Gasteiger partial charge on any atom is -0.472 e. The number of carbonyl (C=O) groups is 3. The lowest BCUT2D eigenvalue weighted by Crippen LogP contribution is -2.26. The van der Waals surface area contributed by atoms with Gasteiger partial charge in [-0.3, -0.25) is 9.59 Å². The Morgan fingerprint density at radius 2 is 1.73 bits per heavy atom. The zero-order valence-corrected chi connectivity index (χ0v) is 16.9. The fraction of sp³-hybridized carbons (Fsp3) is 0.765. The summed E-state index contributed by atoms with van der Waals surface area (Å²) in [5.41, 5.74) is 0. The Hall–Kier alpha value is -1.77. The largest absolute Gasteiger partial charge is 0.472 e. The molecule has 0 aliphatic carbocycles. The number of ether oxygens (including phenoxy) is 4. The smallest absolute Gasteiger partial charge is 0.437 e. The molecule has 0 spiro atoms. The first-order valence-corrected chi connectivity index (χ1v) is 9.40. The molecule has 0 aromatic heterocycles. The fourth-order valence-corrected chi connectivity index (χ4v) is 2.88. The van der Waals surface area contributed by atoms with Crippen molar-refractivity contribution in [3.05, 3.63) is 0 Å². The van der Waals surface area contributed by atoms with E-state index >= 15 is 0 Å². The first-order chi connectivity index (χ1) is 12.4. The number of esters is 2. The van der Waals surface area contributed by atoms with Crippen molar-refractivity contribution in [1.82, 2.24) is 0 Å². The summed E-state index contributed by atoms with van der Waals surface area (Å²) in [7, 11) is 3.63. The molecule has 0 heterocycles. The van der Waals surface area contributed by atoms with E-state index in [2.05, 4.69) is 28.3 Å². The predicted molar refractivity (Wildman–Crippen MR) is 99.1 cm³/mol. The Bertz CT molecular complexity index is 482. The van der Waals surface area contributed by atoms with Crippen molar-refractivity contribution < 1.29 is 33.3 Å². The van der Waals surface area contributed by atoms with Crippen molar-refractivity contribution in [1.29, 1.82) is 0 Å². The van der Waals surface area contributed by atoms with E-state index in [9.17, 15) is 14.4 Å². The molecule has 9 heteroatoms. The van der Waals surface area contributed by atoms with Crippen LogP contribution < -0.4 is 0 Å². The summed E-state index contributed by atoms with van der Waals surface area (Å²) in [6.07, 6.45) is 2.98. The lowest BCUT2D eigenvalue weighted by atomic mass is 10.0. The maximum atomic E-state index is 11.9. The van der Waals surface area contributed by atoms with Gasteiger partial charge in [0.05, 0.1) is 34.4 Å². The maximum absolute atomic E-state index is 11.9. The molecular weight excluding hydrogens is 362 g/mol. The van der Waals surface area contributed by atoms with Gasteiger partial charge in [-0.15, -0.1) is 4.99 Å². The monoisotopic (exact) mass is 391 g/mol. The summed E-state index contributed by atoms with van der Waals surface area (Å²) in [5, 5.41) is -0.974. The molecule has 0 saturated carbocycles. The summed E-state index contributed by atoms with van der Waals surface area (Å²) in [4.78, 5) is 38.6. The van der Waals surface area contributed by atoms with Crippen LogP contribution >= 0.6 is 11.8 Å².